The molecule has 0 unspecified atom stereocenters. The van der Waals surface area contributed by atoms with Crippen molar-refractivity contribution in [2.45, 2.75) is 6.42 Å². The lowest BCUT2D eigenvalue weighted by atomic mass is 9.92. The Morgan fingerprint density at radius 3 is 3.10 bits per heavy atom. The van der Waals surface area contributed by atoms with Crippen LogP contribution < -0.4 is 0 Å². The highest BCUT2D eigenvalue weighted by Gasteiger charge is 2.38. The van der Waals surface area contributed by atoms with E-state index in [1.54, 1.807) is 0 Å². The highest BCUT2D eigenvalue weighted by atomic mass is 16.5. The minimum absolute atomic E-state index is 0.0498. The number of esters is 1. The van der Waals surface area contributed by atoms with E-state index in [1.165, 1.54) is 0 Å². The third-order valence-electron chi connectivity index (χ3n) is 2.24. The van der Waals surface area contributed by atoms with Crippen LogP contribution in [0.15, 0.2) is 0 Å². The van der Waals surface area contributed by atoms with E-state index in [4.69, 9.17) is 9.47 Å². The second kappa shape index (κ2) is 2.23. The third kappa shape index (κ3) is 0.814. The summed E-state index contributed by atoms with van der Waals surface area (Å²) < 4.78 is 10.0. The van der Waals surface area contributed by atoms with Crippen LogP contribution in [-0.4, -0.2) is 25.8 Å². The number of ether oxygens (including phenoxy) is 2. The molecule has 2 atom stereocenters. The maximum absolute atomic E-state index is 10.9. The van der Waals surface area contributed by atoms with Crippen molar-refractivity contribution >= 4 is 5.97 Å². The summed E-state index contributed by atoms with van der Waals surface area (Å²) in [6.07, 6.45) is 0.983. The molecule has 0 saturated carbocycles. The molecule has 0 amide bonds. The highest BCUT2D eigenvalue weighted by molar-refractivity contribution is 5.74. The highest BCUT2D eigenvalue weighted by Crippen LogP contribution is 2.28. The van der Waals surface area contributed by atoms with E-state index in [2.05, 4.69) is 0 Å². The first-order valence-electron chi connectivity index (χ1n) is 3.62. The van der Waals surface area contributed by atoms with Crippen molar-refractivity contribution in [1.29, 1.82) is 0 Å². The molecule has 2 fully saturated rings. The number of hydrogen-bond acceptors (Lipinski definition) is 3. The molecule has 0 spiro atoms. The molecule has 0 aromatic rings. The normalized spacial score (nSPS) is 39.0. The molecule has 2 aliphatic heterocycles. The largest absolute Gasteiger partial charge is 0.465 e. The molecule has 56 valence electrons. The molecule has 0 N–H and O–H groups in total. The second-order valence-corrected chi connectivity index (χ2v) is 2.86. The van der Waals surface area contributed by atoms with Gasteiger partial charge in [0.1, 0.15) is 0 Å². The van der Waals surface area contributed by atoms with Crippen LogP contribution in [-0.2, 0) is 14.3 Å². The first-order valence-corrected chi connectivity index (χ1v) is 3.62. The lowest BCUT2D eigenvalue weighted by Gasteiger charge is -2.20. The number of carbonyl (C=O) groups is 1. The van der Waals surface area contributed by atoms with E-state index in [0.29, 0.717) is 19.1 Å². The van der Waals surface area contributed by atoms with Gasteiger partial charge in [0.15, 0.2) is 0 Å². The van der Waals surface area contributed by atoms with E-state index in [-0.39, 0.29) is 11.9 Å². The van der Waals surface area contributed by atoms with Gasteiger partial charge in [-0.2, -0.15) is 0 Å². The van der Waals surface area contributed by atoms with Crippen molar-refractivity contribution in [2.75, 3.05) is 19.8 Å². The fraction of sp³-hybridized carbons (Fsp3) is 0.857. The van der Waals surface area contributed by atoms with Gasteiger partial charge in [-0.05, 0) is 6.42 Å². The van der Waals surface area contributed by atoms with Gasteiger partial charge in [-0.1, -0.05) is 0 Å². The molecular formula is C7H10O3. The lowest BCUT2D eigenvalue weighted by Crippen LogP contribution is -2.28. The summed E-state index contributed by atoms with van der Waals surface area (Å²) in [5.74, 6) is 0.430. The van der Waals surface area contributed by atoms with Crippen LogP contribution in [0, 0.1) is 11.8 Å². The molecule has 0 aromatic carbocycles. The predicted octanol–water partition coefficient (Wildman–Crippen LogP) is 0.196. The SMILES string of the molecule is O=C1OC[C@H]2CCOC[C@@H]12. The first kappa shape index (κ1) is 6.16. The summed E-state index contributed by atoms with van der Waals surface area (Å²) in [7, 11) is 0. The zero-order valence-corrected chi connectivity index (χ0v) is 5.71. The van der Waals surface area contributed by atoms with Crippen LogP contribution in [0.4, 0.5) is 0 Å². The average molecular weight is 142 g/mol. The Labute approximate surface area is 59.3 Å². The van der Waals surface area contributed by atoms with Gasteiger partial charge in [-0.3, -0.25) is 4.79 Å². The lowest BCUT2D eigenvalue weighted by molar-refractivity contribution is -0.143. The quantitative estimate of drug-likeness (QED) is 0.453. The van der Waals surface area contributed by atoms with E-state index in [0.717, 1.165) is 13.0 Å². The number of carbonyl (C=O) groups excluding carboxylic acids is 1. The smallest absolute Gasteiger partial charge is 0.311 e. The van der Waals surface area contributed by atoms with Crippen molar-refractivity contribution < 1.29 is 14.3 Å². The van der Waals surface area contributed by atoms with Crippen molar-refractivity contribution in [3.8, 4) is 0 Å². The Morgan fingerprint density at radius 2 is 2.30 bits per heavy atom. The molecule has 0 radical (unpaired) electrons. The zero-order valence-electron chi connectivity index (χ0n) is 5.71. The third-order valence-corrected chi connectivity index (χ3v) is 2.24. The molecule has 3 nitrogen and oxygen atoms in total. The fourth-order valence-electron chi connectivity index (χ4n) is 1.54. The molecule has 2 heterocycles. The topological polar surface area (TPSA) is 35.5 Å². The van der Waals surface area contributed by atoms with Crippen molar-refractivity contribution in [3.63, 3.8) is 0 Å². The molecule has 3 heteroatoms. The van der Waals surface area contributed by atoms with Crippen LogP contribution in [0.1, 0.15) is 6.42 Å². The Kier molecular flexibility index (Phi) is 1.38. The number of rotatable bonds is 0. The van der Waals surface area contributed by atoms with Crippen LogP contribution in [0.5, 0.6) is 0 Å². The Hall–Kier alpha value is -0.570. The van der Waals surface area contributed by atoms with E-state index >= 15 is 0 Å². The number of cyclic esters (lactones) is 1. The molecule has 0 aromatic heterocycles. The summed E-state index contributed by atoms with van der Waals surface area (Å²) >= 11 is 0. The van der Waals surface area contributed by atoms with Gasteiger partial charge >= 0.3 is 5.97 Å². The number of hydrogen-bond donors (Lipinski definition) is 0. The molecule has 0 bridgehead atoms. The van der Waals surface area contributed by atoms with E-state index in [1.807, 2.05) is 0 Å². The first-order chi connectivity index (χ1) is 4.88. The Balaban J connectivity index is 2.08. The summed E-state index contributed by atoms with van der Waals surface area (Å²) in [5, 5.41) is 0. The van der Waals surface area contributed by atoms with Crippen LogP contribution in [0.3, 0.4) is 0 Å². The summed E-state index contributed by atoms with van der Waals surface area (Å²) in [6.45, 7) is 1.98. The summed E-state index contributed by atoms with van der Waals surface area (Å²) in [4.78, 5) is 10.9. The van der Waals surface area contributed by atoms with Crippen molar-refractivity contribution in [1.82, 2.24) is 0 Å². The van der Waals surface area contributed by atoms with Crippen LogP contribution >= 0.6 is 0 Å². The van der Waals surface area contributed by atoms with E-state index < -0.39 is 0 Å². The van der Waals surface area contributed by atoms with Crippen LogP contribution in [0.2, 0.25) is 0 Å². The van der Waals surface area contributed by atoms with Gasteiger partial charge in [0.2, 0.25) is 0 Å². The molecule has 10 heavy (non-hydrogen) atoms. The molecule has 0 aliphatic carbocycles. The summed E-state index contributed by atoms with van der Waals surface area (Å²) in [6, 6.07) is 0. The fourth-order valence-corrected chi connectivity index (χ4v) is 1.54. The van der Waals surface area contributed by atoms with Gasteiger partial charge < -0.3 is 9.47 Å². The maximum atomic E-state index is 10.9. The molecular weight excluding hydrogens is 132 g/mol. The van der Waals surface area contributed by atoms with Gasteiger partial charge in [0, 0.05) is 12.5 Å². The zero-order chi connectivity index (χ0) is 6.97. The minimum atomic E-state index is -0.0651. The Bertz CT molecular complexity index is 155. The molecule has 2 aliphatic rings. The van der Waals surface area contributed by atoms with E-state index in [9.17, 15) is 4.79 Å². The molecule has 2 rings (SSSR count). The van der Waals surface area contributed by atoms with Gasteiger partial charge in [-0.25, -0.2) is 0 Å². The summed E-state index contributed by atoms with van der Waals surface area (Å²) in [5.41, 5.74) is 0. The monoisotopic (exact) mass is 142 g/mol. The van der Waals surface area contributed by atoms with Crippen molar-refractivity contribution in [2.24, 2.45) is 11.8 Å². The van der Waals surface area contributed by atoms with Crippen molar-refractivity contribution in [3.05, 3.63) is 0 Å². The Morgan fingerprint density at radius 1 is 1.40 bits per heavy atom. The van der Waals surface area contributed by atoms with Gasteiger partial charge in [0.25, 0.3) is 0 Å². The molecule has 2 saturated heterocycles. The van der Waals surface area contributed by atoms with Gasteiger partial charge in [0.05, 0.1) is 19.1 Å². The average Bonchev–Trinajstić information content (AvgIpc) is 2.34. The van der Waals surface area contributed by atoms with Gasteiger partial charge in [-0.15, -0.1) is 0 Å². The number of fused-ring (bicyclic) bond motifs is 1. The standard InChI is InChI=1S/C7H10O3/c8-7-6-4-9-2-1-5(6)3-10-7/h5-6H,1-4H2/t5-,6-/m1/s1. The predicted molar refractivity (Wildman–Crippen MR) is 33.4 cm³/mol. The second-order valence-electron chi connectivity index (χ2n) is 2.86. The maximum Gasteiger partial charge on any atom is 0.311 e. The minimum Gasteiger partial charge on any atom is -0.465 e. The van der Waals surface area contributed by atoms with Crippen LogP contribution in [0.25, 0.3) is 0 Å².